The number of hydrogen-bond donors (Lipinski definition) is 4. The molecule has 4 fully saturated rings. The van der Waals surface area contributed by atoms with Crippen molar-refractivity contribution in [3.63, 3.8) is 0 Å². The number of aliphatic hydroxyl groups excluding tert-OH is 4. The van der Waals surface area contributed by atoms with Crippen LogP contribution >= 0.6 is 11.6 Å². The molecule has 0 heterocycles. The fourth-order valence-corrected chi connectivity index (χ4v) is 17.0. The molecule has 0 amide bonds. The zero-order valence-electron chi connectivity index (χ0n) is 38.8. The molecule has 4 aliphatic carbocycles. The zero-order chi connectivity index (χ0) is 43.0. The maximum absolute atomic E-state index is 9.73. The molecule has 2 radical (unpaired) electrons. The van der Waals surface area contributed by atoms with Crippen LogP contribution in [0.4, 0.5) is 0 Å². The molecule has 0 aromatic rings. The van der Waals surface area contributed by atoms with E-state index in [2.05, 4.69) is 46.2 Å². The first-order chi connectivity index (χ1) is 28.1. The minimum atomic E-state index is -1.64. The van der Waals surface area contributed by atoms with E-state index in [0.29, 0.717) is 34.8 Å². The van der Waals surface area contributed by atoms with Gasteiger partial charge in [-0.3, -0.25) is 0 Å². The Morgan fingerprint density at radius 3 is 1.88 bits per heavy atom. The molecule has 14 unspecified atom stereocenters. The molecular formula is C47H91ClO8Si3. The lowest BCUT2D eigenvalue weighted by Gasteiger charge is -2.41. The third-order valence-electron chi connectivity index (χ3n) is 15.2. The summed E-state index contributed by atoms with van der Waals surface area (Å²) in [6, 6.07) is 1.25. The Hall–Kier alpha value is 0.621. The minimum absolute atomic E-state index is 0.210. The molecule has 0 aromatic carbocycles. The molecule has 14 atom stereocenters. The van der Waals surface area contributed by atoms with Gasteiger partial charge in [-0.15, -0.1) is 11.6 Å². The van der Waals surface area contributed by atoms with Crippen LogP contribution < -0.4 is 0 Å². The lowest BCUT2D eigenvalue weighted by Crippen LogP contribution is -2.39. The Kier molecular flexibility index (Phi) is 23.5. The van der Waals surface area contributed by atoms with Crippen molar-refractivity contribution in [2.24, 2.45) is 65.1 Å². The van der Waals surface area contributed by atoms with Gasteiger partial charge in [-0.25, -0.2) is 0 Å². The van der Waals surface area contributed by atoms with Crippen molar-refractivity contribution in [3.8, 4) is 0 Å². The van der Waals surface area contributed by atoms with Gasteiger partial charge in [-0.1, -0.05) is 33.0 Å². The predicted molar refractivity (Wildman–Crippen MR) is 249 cm³/mol. The van der Waals surface area contributed by atoms with Crippen LogP contribution in [0.5, 0.6) is 0 Å². The number of halogens is 1. The van der Waals surface area contributed by atoms with Crippen LogP contribution in [-0.2, 0) is 18.3 Å². The van der Waals surface area contributed by atoms with Crippen LogP contribution in [0.3, 0.4) is 0 Å². The molecule has 0 aromatic heterocycles. The van der Waals surface area contributed by atoms with Crippen molar-refractivity contribution < 1.29 is 38.8 Å². The topological polar surface area (TPSA) is 118 Å². The van der Waals surface area contributed by atoms with E-state index in [0.717, 1.165) is 110 Å². The van der Waals surface area contributed by atoms with Crippen LogP contribution in [-0.4, -0.2) is 118 Å². The number of aliphatic hydroxyl groups is 4. The zero-order valence-corrected chi connectivity index (χ0v) is 42.5. The molecule has 12 heteroatoms. The first kappa shape index (κ1) is 52.2. The van der Waals surface area contributed by atoms with Crippen molar-refractivity contribution >= 4 is 37.8 Å². The average molecular weight is 904 g/mol. The van der Waals surface area contributed by atoms with Crippen molar-refractivity contribution in [3.05, 3.63) is 0 Å². The third kappa shape index (κ3) is 18.6. The van der Waals surface area contributed by atoms with Crippen LogP contribution in [0.25, 0.3) is 0 Å². The first-order valence-electron chi connectivity index (χ1n) is 24.4. The van der Waals surface area contributed by atoms with E-state index >= 15 is 0 Å². The summed E-state index contributed by atoms with van der Waals surface area (Å²) in [6.45, 7) is 19.9. The molecule has 0 spiro atoms. The van der Waals surface area contributed by atoms with E-state index < -0.39 is 28.6 Å². The second kappa shape index (κ2) is 26.5. The van der Waals surface area contributed by atoms with Crippen molar-refractivity contribution in [1.82, 2.24) is 0 Å². The van der Waals surface area contributed by atoms with Crippen LogP contribution in [0.1, 0.15) is 110 Å². The van der Waals surface area contributed by atoms with Crippen LogP contribution in [0.15, 0.2) is 0 Å². The van der Waals surface area contributed by atoms with Crippen molar-refractivity contribution in [1.29, 1.82) is 0 Å². The Balaban J connectivity index is 1.21. The average Bonchev–Trinajstić information content (AvgIpc) is 3.98. The quantitative estimate of drug-likeness (QED) is 0.0287. The van der Waals surface area contributed by atoms with Gasteiger partial charge in [0.1, 0.15) is 12.2 Å². The van der Waals surface area contributed by atoms with Crippen molar-refractivity contribution in [2.45, 2.75) is 173 Å². The molecule has 4 aliphatic rings. The van der Waals surface area contributed by atoms with E-state index in [1.165, 1.54) is 76.7 Å². The largest absolute Gasteiger partial charge is 0.417 e. The summed E-state index contributed by atoms with van der Waals surface area (Å²) >= 11 is 6.34. The number of alkyl halides is 1. The maximum Gasteiger partial charge on any atom is 0.229 e. The SMILES string of the molecule is CC(CCCOCC(O)CO)CO[Si]CC1CC2CC(CCC(CCCCl)CC3CC4CC3CC4CC(C(CCCOCC(O)CO)CO[Si](C)(C)C)[Si](C)(C)C)C1C2. The van der Waals surface area contributed by atoms with Gasteiger partial charge in [0.15, 0.2) is 8.32 Å². The van der Waals surface area contributed by atoms with Gasteiger partial charge in [-0.05, 0) is 193 Å². The fraction of sp³-hybridized carbons (Fsp3) is 1.00. The summed E-state index contributed by atoms with van der Waals surface area (Å²) in [5.74, 6) is 9.99. The van der Waals surface area contributed by atoms with Gasteiger partial charge in [-0.2, -0.15) is 0 Å². The summed E-state index contributed by atoms with van der Waals surface area (Å²) in [4.78, 5) is 0. The second-order valence-electron chi connectivity index (χ2n) is 22.3. The van der Waals surface area contributed by atoms with Crippen LogP contribution in [0.2, 0.25) is 50.9 Å². The summed E-state index contributed by atoms with van der Waals surface area (Å²) in [7, 11) is -2.48. The molecular weight excluding hydrogens is 812 g/mol. The number of rotatable bonds is 34. The fourth-order valence-electron chi connectivity index (χ4n) is 12.2. The van der Waals surface area contributed by atoms with Crippen LogP contribution in [0, 0.1) is 65.1 Å². The maximum atomic E-state index is 9.73. The Labute approximate surface area is 371 Å². The van der Waals surface area contributed by atoms with Gasteiger partial charge in [0, 0.05) is 40.4 Å². The highest BCUT2D eigenvalue weighted by Crippen LogP contribution is 2.58. The molecule has 8 nitrogen and oxygen atoms in total. The smallest absolute Gasteiger partial charge is 0.229 e. The van der Waals surface area contributed by atoms with Gasteiger partial charge in [0.05, 0.1) is 26.4 Å². The highest BCUT2D eigenvalue weighted by atomic mass is 35.5. The second-order valence-corrected chi connectivity index (χ2v) is 33.6. The number of fused-ring (bicyclic) bond motifs is 4. The highest BCUT2D eigenvalue weighted by Gasteiger charge is 2.49. The Morgan fingerprint density at radius 2 is 1.31 bits per heavy atom. The molecule has 4 saturated carbocycles. The van der Waals surface area contributed by atoms with Gasteiger partial charge >= 0.3 is 0 Å². The lowest BCUT2D eigenvalue weighted by atomic mass is 9.73. The lowest BCUT2D eigenvalue weighted by molar-refractivity contribution is 0.00407. The first-order valence-corrected chi connectivity index (χ1v) is 33.0. The molecule has 0 saturated heterocycles. The van der Waals surface area contributed by atoms with E-state index in [4.69, 9.17) is 35.0 Å². The van der Waals surface area contributed by atoms with E-state index in [1.54, 1.807) is 0 Å². The molecule has 346 valence electrons. The molecule has 4 N–H and O–H groups in total. The molecule has 4 bridgehead atoms. The van der Waals surface area contributed by atoms with Gasteiger partial charge < -0.3 is 38.8 Å². The monoisotopic (exact) mass is 903 g/mol. The number of ether oxygens (including phenoxy) is 2. The molecule has 59 heavy (non-hydrogen) atoms. The number of hydrogen-bond acceptors (Lipinski definition) is 8. The normalized spacial score (nSPS) is 29.9. The minimum Gasteiger partial charge on any atom is -0.417 e. The Bertz CT molecular complexity index is 1130. The van der Waals surface area contributed by atoms with E-state index in [1.807, 2.05) is 0 Å². The molecule has 0 aliphatic heterocycles. The highest BCUT2D eigenvalue weighted by molar-refractivity contribution is 6.77. The van der Waals surface area contributed by atoms with E-state index in [9.17, 15) is 15.3 Å². The summed E-state index contributed by atoms with van der Waals surface area (Å²) in [5, 5.41) is 37.2. The molecule has 4 rings (SSSR count). The van der Waals surface area contributed by atoms with Gasteiger partial charge in [0.25, 0.3) is 0 Å². The van der Waals surface area contributed by atoms with E-state index in [-0.39, 0.29) is 26.4 Å². The summed E-state index contributed by atoms with van der Waals surface area (Å²) < 4.78 is 24.1. The standard InChI is InChI=1S/C47H91ClO8Si3/c1-34(11-9-17-53-31-44(51)27-49)29-55-57-33-43-21-36-20-37(46(43)22-36)15-14-35(12-8-16-48)19-39-23-41-24-40(39)25-42(41)26-47(58(2,3)4)38(30-56-59(5,6)7)13-10-18-54-32-45(52)28-50/h34-47,49-52H,8-33H2,1-7H3. The Morgan fingerprint density at radius 1 is 0.678 bits per heavy atom. The van der Waals surface area contributed by atoms with Gasteiger partial charge in [0.2, 0.25) is 9.76 Å². The van der Waals surface area contributed by atoms with Crippen molar-refractivity contribution in [2.75, 3.05) is 58.7 Å². The summed E-state index contributed by atoms with van der Waals surface area (Å²) in [5.41, 5.74) is 0.749. The summed E-state index contributed by atoms with van der Waals surface area (Å²) in [6.07, 6.45) is 19.5. The third-order valence-corrected chi connectivity index (χ3v) is 20.5. The predicted octanol–water partition coefficient (Wildman–Crippen LogP) is 9.67.